The molecular formula is C21H21N5O. The fourth-order valence-electron chi connectivity index (χ4n) is 3.52. The third-order valence-electron chi connectivity index (χ3n) is 5.03. The number of rotatable bonds is 4. The Morgan fingerprint density at radius 3 is 2.48 bits per heavy atom. The summed E-state index contributed by atoms with van der Waals surface area (Å²) in [7, 11) is 0. The molecule has 6 nitrogen and oxygen atoms in total. The molecule has 136 valence electrons. The lowest BCUT2D eigenvalue weighted by molar-refractivity contribution is 0.225. The van der Waals surface area contributed by atoms with Crippen LogP contribution in [-0.4, -0.2) is 46.0 Å². The van der Waals surface area contributed by atoms with Gasteiger partial charge in [0.25, 0.3) is 0 Å². The summed E-state index contributed by atoms with van der Waals surface area (Å²) in [5.74, 6) is 1.73. The quantitative estimate of drug-likeness (QED) is 0.604. The van der Waals surface area contributed by atoms with Crippen molar-refractivity contribution in [2.75, 3.05) is 31.1 Å². The van der Waals surface area contributed by atoms with Crippen molar-refractivity contribution in [3.63, 3.8) is 0 Å². The molecule has 1 N–H and O–H groups in total. The van der Waals surface area contributed by atoms with Crippen LogP contribution in [0.25, 0.3) is 22.3 Å². The normalized spacial score (nSPS) is 15.5. The van der Waals surface area contributed by atoms with Gasteiger partial charge in [-0.1, -0.05) is 42.5 Å². The topological polar surface area (TPSA) is 61.2 Å². The van der Waals surface area contributed by atoms with Crippen LogP contribution in [0.15, 0.2) is 65.3 Å². The second-order valence-electron chi connectivity index (χ2n) is 6.83. The van der Waals surface area contributed by atoms with Gasteiger partial charge in [-0.15, -0.1) is 0 Å². The second kappa shape index (κ2) is 6.89. The first-order valence-corrected chi connectivity index (χ1v) is 9.27. The first kappa shape index (κ1) is 16.1. The van der Waals surface area contributed by atoms with E-state index in [0.717, 1.165) is 66.9 Å². The van der Waals surface area contributed by atoms with Crippen molar-refractivity contribution in [3.05, 3.63) is 66.8 Å². The molecule has 1 saturated heterocycles. The lowest BCUT2D eigenvalue weighted by Gasteiger charge is -2.33. The van der Waals surface area contributed by atoms with Crippen LogP contribution in [0.3, 0.4) is 0 Å². The van der Waals surface area contributed by atoms with E-state index in [1.165, 1.54) is 0 Å². The molecule has 1 aliphatic heterocycles. The summed E-state index contributed by atoms with van der Waals surface area (Å²) < 4.78 is 5.69. The van der Waals surface area contributed by atoms with Crippen molar-refractivity contribution in [1.29, 1.82) is 0 Å². The molecule has 3 heterocycles. The van der Waals surface area contributed by atoms with E-state index < -0.39 is 0 Å². The molecule has 0 spiro atoms. The maximum absolute atomic E-state index is 5.69. The Morgan fingerprint density at radius 1 is 0.889 bits per heavy atom. The van der Waals surface area contributed by atoms with E-state index in [4.69, 9.17) is 9.40 Å². The zero-order valence-electron chi connectivity index (χ0n) is 15.0. The lowest BCUT2D eigenvalue weighted by Crippen LogP contribution is -2.46. The zero-order valence-corrected chi connectivity index (χ0v) is 15.0. The van der Waals surface area contributed by atoms with Gasteiger partial charge in [-0.2, -0.15) is 0 Å². The summed E-state index contributed by atoms with van der Waals surface area (Å²) in [6, 6.07) is 18.3. The Kier molecular flexibility index (Phi) is 4.10. The molecular weight excluding hydrogens is 338 g/mol. The summed E-state index contributed by atoms with van der Waals surface area (Å²) in [4.78, 5) is 17.4. The third-order valence-corrected chi connectivity index (χ3v) is 5.03. The fraction of sp³-hybridized carbons (Fsp3) is 0.238. The Morgan fingerprint density at radius 2 is 1.67 bits per heavy atom. The number of hydrogen-bond acceptors (Lipinski definition) is 5. The number of nitrogens with zero attached hydrogens (tertiary/aromatic N) is 4. The highest BCUT2D eigenvalue weighted by atomic mass is 16.3. The van der Waals surface area contributed by atoms with E-state index in [1.54, 1.807) is 6.26 Å². The van der Waals surface area contributed by atoms with Crippen LogP contribution in [0.1, 0.15) is 5.89 Å². The largest absolute Gasteiger partial charge is 0.447 e. The molecule has 6 heteroatoms. The number of para-hydroxylation sites is 2. The van der Waals surface area contributed by atoms with Crippen molar-refractivity contribution in [2.45, 2.75) is 6.54 Å². The summed E-state index contributed by atoms with van der Waals surface area (Å²) >= 11 is 0. The molecule has 0 aliphatic carbocycles. The van der Waals surface area contributed by atoms with E-state index >= 15 is 0 Å². The average Bonchev–Trinajstić information content (AvgIpc) is 3.36. The number of benzene rings is 2. The van der Waals surface area contributed by atoms with Gasteiger partial charge in [0.2, 0.25) is 11.8 Å². The van der Waals surface area contributed by atoms with E-state index in [-0.39, 0.29) is 0 Å². The third kappa shape index (κ3) is 3.31. The monoisotopic (exact) mass is 359 g/mol. The Bertz CT molecular complexity index is 998. The zero-order chi connectivity index (χ0) is 18.1. The van der Waals surface area contributed by atoms with Gasteiger partial charge in [-0.3, -0.25) is 4.90 Å². The standard InChI is InChI=1S/C21H21N5O/c1-2-6-16(7-3-1)19-15-27-20(22-19)14-25-10-12-26(13-11-25)21-23-17-8-4-5-9-18(17)24-21/h1-9,15H,10-14H2,(H,23,24). The summed E-state index contributed by atoms with van der Waals surface area (Å²) in [5, 5.41) is 0. The molecule has 1 aliphatic rings. The highest BCUT2D eigenvalue weighted by Crippen LogP contribution is 2.21. The molecule has 0 unspecified atom stereocenters. The van der Waals surface area contributed by atoms with Gasteiger partial charge in [-0.25, -0.2) is 9.97 Å². The van der Waals surface area contributed by atoms with Crippen LogP contribution in [0, 0.1) is 0 Å². The number of H-pyrrole nitrogens is 1. The Balaban J connectivity index is 1.21. The van der Waals surface area contributed by atoms with Gasteiger partial charge in [0.05, 0.1) is 17.6 Å². The molecule has 2 aromatic carbocycles. The van der Waals surface area contributed by atoms with Crippen molar-refractivity contribution >= 4 is 17.0 Å². The molecule has 0 atom stereocenters. The maximum atomic E-state index is 5.69. The Hall–Kier alpha value is -3.12. The van der Waals surface area contributed by atoms with Gasteiger partial charge in [-0.05, 0) is 12.1 Å². The number of piperazine rings is 1. The maximum Gasteiger partial charge on any atom is 0.208 e. The van der Waals surface area contributed by atoms with Crippen LogP contribution in [0.2, 0.25) is 0 Å². The predicted octanol–water partition coefficient (Wildman–Crippen LogP) is 3.54. The molecule has 5 rings (SSSR count). The minimum atomic E-state index is 0.737. The van der Waals surface area contributed by atoms with Crippen LogP contribution >= 0.6 is 0 Å². The molecule has 4 aromatic rings. The molecule has 0 radical (unpaired) electrons. The molecule has 2 aromatic heterocycles. The van der Waals surface area contributed by atoms with E-state index in [9.17, 15) is 0 Å². The number of aromatic amines is 1. The van der Waals surface area contributed by atoms with Crippen LogP contribution < -0.4 is 4.90 Å². The number of fused-ring (bicyclic) bond motifs is 1. The van der Waals surface area contributed by atoms with E-state index in [1.807, 2.05) is 48.5 Å². The van der Waals surface area contributed by atoms with Gasteiger partial charge in [0.1, 0.15) is 12.0 Å². The number of nitrogens with one attached hydrogen (secondary N) is 1. The van der Waals surface area contributed by atoms with Gasteiger partial charge in [0, 0.05) is 31.7 Å². The van der Waals surface area contributed by atoms with Gasteiger partial charge >= 0.3 is 0 Å². The number of oxazole rings is 1. The summed E-state index contributed by atoms with van der Waals surface area (Å²) in [6.45, 7) is 4.53. The molecule has 0 saturated carbocycles. The predicted molar refractivity (Wildman–Crippen MR) is 106 cm³/mol. The molecule has 0 bridgehead atoms. The second-order valence-corrected chi connectivity index (χ2v) is 6.83. The highest BCUT2D eigenvalue weighted by molar-refractivity contribution is 5.77. The van der Waals surface area contributed by atoms with E-state index in [2.05, 4.69) is 25.8 Å². The molecule has 0 amide bonds. The van der Waals surface area contributed by atoms with Gasteiger partial charge in [0.15, 0.2) is 0 Å². The first-order chi connectivity index (χ1) is 13.3. The number of anilines is 1. The average molecular weight is 359 g/mol. The van der Waals surface area contributed by atoms with Gasteiger partial charge < -0.3 is 14.3 Å². The van der Waals surface area contributed by atoms with Crippen molar-refractivity contribution < 1.29 is 4.42 Å². The SMILES string of the molecule is c1ccc(-c2coc(CN3CCN(c4nc5ccccc5[nH]4)CC3)n2)cc1. The lowest BCUT2D eigenvalue weighted by atomic mass is 10.2. The minimum Gasteiger partial charge on any atom is -0.447 e. The van der Waals surface area contributed by atoms with Crippen molar-refractivity contribution in [1.82, 2.24) is 19.9 Å². The summed E-state index contributed by atoms with van der Waals surface area (Å²) in [6.07, 6.45) is 1.75. The van der Waals surface area contributed by atoms with Crippen LogP contribution in [0.5, 0.6) is 0 Å². The Labute approximate surface area is 157 Å². The summed E-state index contributed by atoms with van der Waals surface area (Å²) in [5.41, 5.74) is 4.08. The van der Waals surface area contributed by atoms with Crippen LogP contribution in [0.4, 0.5) is 5.95 Å². The number of imidazole rings is 1. The fourth-order valence-corrected chi connectivity index (χ4v) is 3.52. The van der Waals surface area contributed by atoms with Crippen LogP contribution in [-0.2, 0) is 6.54 Å². The highest BCUT2D eigenvalue weighted by Gasteiger charge is 2.21. The van der Waals surface area contributed by atoms with Crippen molar-refractivity contribution in [3.8, 4) is 11.3 Å². The number of hydrogen-bond donors (Lipinski definition) is 1. The van der Waals surface area contributed by atoms with E-state index in [0.29, 0.717) is 0 Å². The van der Waals surface area contributed by atoms with Crippen molar-refractivity contribution in [2.24, 2.45) is 0 Å². The smallest absolute Gasteiger partial charge is 0.208 e. The number of aromatic nitrogens is 3. The first-order valence-electron chi connectivity index (χ1n) is 9.27. The molecule has 27 heavy (non-hydrogen) atoms. The minimum absolute atomic E-state index is 0.737. The molecule has 1 fully saturated rings.